The number of rotatable bonds is 5. The van der Waals surface area contributed by atoms with Crippen molar-refractivity contribution in [1.29, 1.82) is 0 Å². The first-order valence-corrected chi connectivity index (χ1v) is 10.5. The predicted octanol–water partition coefficient (Wildman–Crippen LogP) is 2.97. The normalized spacial score (nSPS) is 20.1. The highest BCUT2D eigenvalue weighted by Crippen LogP contribution is 2.33. The van der Waals surface area contributed by atoms with E-state index < -0.39 is 27.7 Å². The molecule has 1 N–H and O–H groups in total. The molecule has 0 aliphatic carbocycles. The SMILES string of the molecule is Cn1cnc(S(=O)(=O)N2C[C@H](Nc3ccc(F)cc3F)[C@@H](c3ccccc3)C2)c1. The molecule has 1 fully saturated rings. The molecule has 29 heavy (non-hydrogen) atoms. The zero-order valence-electron chi connectivity index (χ0n) is 15.7. The van der Waals surface area contributed by atoms with Gasteiger partial charge in [0.25, 0.3) is 10.0 Å². The van der Waals surface area contributed by atoms with Crippen molar-refractivity contribution in [1.82, 2.24) is 13.9 Å². The van der Waals surface area contributed by atoms with E-state index in [9.17, 15) is 17.2 Å². The van der Waals surface area contributed by atoms with Crippen LogP contribution in [0.2, 0.25) is 0 Å². The summed E-state index contributed by atoms with van der Waals surface area (Å²) in [5.74, 6) is -1.60. The van der Waals surface area contributed by atoms with E-state index in [1.807, 2.05) is 30.3 Å². The van der Waals surface area contributed by atoms with Gasteiger partial charge in [-0.05, 0) is 17.7 Å². The minimum absolute atomic E-state index is 0.0274. The number of anilines is 1. The Labute approximate surface area is 167 Å². The summed E-state index contributed by atoms with van der Waals surface area (Å²) in [6.45, 7) is 0.360. The molecule has 1 aromatic heterocycles. The fourth-order valence-electron chi connectivity index (χ4n) is 3.61. The van der Waals surface area contributed by atoms with E-state index in [1.54, 1.807) is 11.6 Å². The molecule has 1 aliphatic heterocycles. The molecule has 0 saturated carbocycles. The number of benzene rings is 2. The Hall–Kier alpha value is -2.78. The van der Waals surface area contributed by atoms with Crippen LogP contribution in [0.3, 0.4) is 0 Å². The van der Waals surface area contributed by atoms with Gasteiger partial charge in [0.1, 0.15) is 11.6 Å². The fourth-order valence-corrected chi connectivity index (χ4v) is 5.07. The van der Waals surface area contributed by atoms with Gasteiger partial charge in [-0.3, -0.25) is 0 Å². The molecular formula is C20H20F2N4O2S. The third-order valence-electron chi connectivity index (χ3n) is 5.07. The van der Waals surface area contributed by atoms with Crippen molar-refractivity contribution >= 4 is 15.7 Å². The summed E-state index contributed by atoms with van der Waals surface area (Å²) in [6.07, 6.45) is 2.88. The lowest BCUT2D eigenvalue weighted by Gasteiger charge is -2.21. The van der Waals surface area contributed by atoms with Gasteiger partial charge in [0.2, 0.25) is 0 Å². The second-order valence-electron chi connectivity index (χ2n) is 7.09. The van der Waals surface area contributed by atoms with Gasteiger partial charge in [0, 0.05) is 44.4 Å². The molecule has 2 heterocycles. The second kappa shape index (κ2) is 7.57. The van der Waals surface area contributed by atoms with Crippen molar-refractivity contribution < 1.29 is 17.2 Å². The molecule has 0 spiro atoms. The molecule has 0 amide bonds. The van der Waals surface area contributed by atoms with E-state index in [2.05, 4.69) is 10.3 Å². The van der Waals surface area contributed by atoms with Crippen LogP contribution in [-0.2, 0) is 17.1 Å². The van der Waals surface area contributed by atoms with Crippen LogP contribution < -0.4 is 5.32 Å². The van der Waals surface area contributed by atoms with E-state index in [0.29, 0.717) is 0 Å². The molecule has 9 heteroatoms. The van der Waals surface area contributed by atoms with Crippen LogP contribution in [0.1, 0.15) is 11.5 Å². The van der Waals surface area contributed by atoms with Crippen LogP contribution >= 0.6 is 0 Å². The highest BCUT2D eigenvalue weighted by Gasteiger charge is 2.41. The van der Waals surface area contributed by atoms with E-state index in [-0.39, 0.29) is 29.7 Å². The molecule has 1 saturated heterocycles. The Kier molecular flexibility index (Phi) is 5.10. The number of nitrogens with zero attached hydrogens (tertiary/aromatic N) is 3. The van der Waals surface area contributed by atoms with Crippen LogP contribution in [-0.4, -0.2) is 41.4 Å². The van der Waals surface area contributed by atoms with Gasteiger partial charge < -0.3 is 9.88 Å². The number of nitrogens with one attached hydrogen (secondary N) is 1. The van der Waals surface area contributed by atoms with Gasteiger partial charge in [-0.1, -0.05) is 30.3 Å². The van der Waals surface area contributed by atoms with Gasteiger partial charge >= 0.3 is 0 Å². The first-order valence-electron chi connectivity index (χ1n) is 9.09. The molecule has 2 atom stereocenters. The van der Waals surface area contributed by atoms with Gasteiger partial charge in [-0.25, -0.2) is 22.2 Å². The van der Waals surface area contributed by atoms with Gasteiger partial charge in [-0.15, -0.1) is 0 Å². The number of sulfonamides is 1. The molecule has 0 unspecified atom stereocenters. The summed E-state index contributed by atoms with van der Waals surface area (Å²) in [6, 6.07) is 12.4. The lowest BCUT2D eigenvalue weighted by Crippen LogP contribution is -2.32. The first kappa shape index (κ1) is 19.5. The maximum atomic E-state index is 14.2. The Morgan fingerprint density at radius 3 is 2.52 bits per heavy atom. The maximum absolute atomic E-state index is 14.2. The predicted molar refractivity (Wildman–Crippen MR) is 105 cm³/mol. The summed E-state index contributed by atoms with van der Waals surface area (Å²) < 4.78 is 56.4. The van der Waals surface area contributed by atoms with Crippen molar-refractivity contribution in [3.63, 3.8) is 0 Å². The highest BCUT2D eigenvalue weighted by molar-refractivity contribution is 7.89. The Bertz CT molecular complexity index is 1120. The molecule has 3 aromatic rings. The number of halogens is 2. The largest absolute Gasteiger partial charge is 0.378 e. The number of hydrogen-bond acceptors (Lipinski definition) is 4. The van der Waals surface area contributed by atoms with E-state index in [4.69, 9.17) is 0 Å². The molecule has 6 nitrogen and oxygen atoms in total. The molecular weight excluding hydrogens is 398 g/mol. The van der Waals surface area contributed by atoms with Crippen LogP contribution in [0, 0.1) is 11.6 Å². The molecule has 2 aromatic carbocycles. The van der Waals surface area contributed by atoms with Crippen LogP contribution in [0.25, 0.3) is 0 Å². The van der Waals surface area contributed by atoms with Crippen molar-refractivity contribution in [3.05, 3.63) is 78.3 Å². The van der Waals surface area contributed by atoms with Gasteiger partial charge in [0.15, 0.2) is 5.03 Å². The zero-order chi connectivity index (χ0) is 20.6. The Balaban J connectivity index is 1.66. The number of aromatic nitrogens is 2. The standard InChI is InChI=1S/C20H20F2N4O2S/c1-25-12-20(23-13-25)29(27,28)26-10-16(14-5-3-2-4-6-14)19(11-26)24-18-8-7-15(21)9-17(18)22/h2-9,12-13,16,19,24H,10-11H2,1H3/t16-,19+/m1/s1. The Morgan fingerprint density at radius 2 is 1.86 bits per heavy atom. The molecule has 0 radical (unpaired) electrons. The number of hydrogen-bond donors (Lipinski definition) is 1. The minimum Gasteiger partial charge on any atom is -0.378 e. The number of imidazole rings is 1. The zero-order valence-corrected chi connectivity index (χ0v) is 16.5. The fraction of sp³-hybridized carbons (Fsp3) is 0.250. The summed E-state index contributed by atoms with van der Waals surface area (Å²) in [5.41, 5.74) is 1.07. The highest BCUT2D eigenvalue weighted by atomic mass is 32.2. The first-order chi connectivity index (χ1) is 13.8. The average Bonchev–Trinajstić information content (AvgIpc) is 3.32. The third kappa shape index (κ3) is 3.88. The lowest BCUT2D eigenvalue weighted by molar-refractivity contribution is 0.468. The van der Waals surface area contributed by atoms with E-state index in [1.165, 1.54) is 29.0 Å². The summed E-state index contributed by atoms with van der Waals surface area (Å²) in [4.78, 5) is 3.97. The van der Waals surface area contributed by atoms with Crippen molar-refractivity contribution in [2.45, 2.75) is 17.0 Å². The van der Waals surface area contributed by atoms with Gasteiger partial charge in [0.05, 0.1) is 12.0 Å². The topological polar surface area (TPSA) is 67.2 Å². The van der Waals surface area contributed by atoms with Gasteiger partial charge in [-0.2, -0.15) is 4.31 Å². The Morgan fingerprint density at radius 1 is 1.10 bits per heavy atom. The average molecular weight is 418 g/mol. The molecule has 0 bridgehead atoms. The minimum atomic E-state index is -3.79. The van der Waals surface area contributed by atoms with Crippen LogP contribution in [0.5, 0.6) is 0 Å². The number of aryl methyl sites for hydroxylation is 1. The van der Waals surface area contributed by atoms with Crippen molar-refractivity contribution in [3.8, 4) is 0 Å². The quantitative estimate of drug-likeness (QED) is 0.692. The lowest BCUT2D eigenvalue weighted by atomic mass is 9.94. The van der Waals surface area contributed by atoms with Crippen LogP contribution in [0.4, 0.5) is 14.5 Å². The molecule has 4 rings (SSSR count). The summed E-state index contributed by atoms with van der Waals surface area (Å²) in [5, 5.41) is 3.04. The third-order valence-corrected chi connectivity index (χ3v) is 6.79. The maximum Gasteiger partial charge on any atom is 0.262 e. The summed E-state index contributed by atoms with van der Waals surface area (Å²) >= 11 is 0. The van der Waals surface area contributed by atoms with E-state index in [0.717, 1.165) is 11.6 Å². The smallest absolute Gasteiger partial charge is 0.262 e. The monoisotopic (exact) mass is 418 g/mol. The van der Waals surface area contributed by atoms with Crippen molar-refractivity contribution in [2.24, 2.45) is 7.05 Å². The molecule has 152 valence electrons. The van der Waals surface area contributed by atoms with Crippen molar-refractivity contribution in [2.75, 3.05) is 18.4 Å². The van der Waals surface area contributed by atoms with E-state index >= 15 is 0 Å². The van der Waals surface area contributed by atoms with Crippen LogP contribution in [0.15, 0.2) is 66.1 Å². The second-order valence-corrected chi connectivity index (χ2v) is 8.98. The summed E-state index contributed by atoms with van der Waals surface area (Å²) in [7, 11) is -2.09. The molecule has 1 aliphatic rings.